The van der Waals surface area contributed by atoms with Gasteiger partial charge in [0.05, 0.1) is 10.0 Å². The van der Waals surface area contributed by atoms with Gasteiger partial charge in [0.2, 0.25) is 0 Å². The number of nitrogens with zero attached hydrogens (tertiary/aromatic N) is 2. The van der Waals surface area contributed by atoms with Gasteiger partial charge in [-0.15, -0.1) is 0 Å². The zero-order valence-corrected chi connectivity index (χ0v) is 12.2. The van der Waals surface area contributed by atoms with Crippen LogP contribution in [0.5, 0.6) is 0 Å². The molecule has 0 bridgehead atoms. The standard InChI is InChI=1S/C12H11Cl2N3S/c1-6-3-7(2)16-10(4-6)18-12-9(14)5-8(13)11(15)17-12/h3-5H,1-2H3,(H2,15,17). The Kier molecular flexibility index (Phi) is 4.00. The van der Waals surface area contributed by atoms with Gasteiger partial charge in [-0.2, -0.15) is 0 Å². The van der Waals surface area contributed by atoms with E-state index in [-0.39, 0.29) is 5.82 Å². The van der Waals surface area contributed by atoms with Crippen LogP contribution in [0, 0.1) is 13.8 Å². The number of hydrogen-bond donors (Lipinski definition) is 1. The minimum atomic E-state index is 0.271. The van der Waals surface area contributed by atoms with Crippen LogP contribution in [0.25, 0.3) is 0 Å². The lowest BCUT2D eigenvalue weighted by Gasteiger charge is -2.06. The molecule has 0 aromatic carbocycles. The molecule has 3 nitrogen and oxygen atoms in total. The molecule has 0 radical (unpaired) electrons. The van der Waals surface area contributed by atoms with Gasteiger partial charge in [-0.3, -0.25) is 0 Å². The number of pyridine rings is 2. The average Bonchev–Trinajstić information content (AvgIpc) is 2.24. The highest BCUT2D eigenvalue weighted by Gasteiger charge is 2.10. The third-order valence-electron chi connectivity index (χ3n) is 2.20. The van der Waals surface area contributed by atoms with Crippen molar-refractivity contribution in [1.29, 1.82) is 0 Å². The van der Waals surface area contributed by atoms with Crippen molar-refractivity contribution in [2.24, 2.45) is 0 Å². The number of anilines is 1. The third-order valence-corrected chi connectivity index (χ3v) is 3.83. The third kappa shape index (κ3) is 3.07. The lowest BCUT2D eigenvalue weighted by atomic mass is 10.3. The Balaban J connectivity index is 2.36. The number of nitrogens with two attached hydrogens (primary N) is 1. The maximum atomic E-state index is 6.08. The fourth-order valence-electron chi connectivity index (χ4n) is 1.49. The van der Waals surface area contributed by atoms with Gasteiger partial charge < -0.3 is 5.73 Å². The predicted octanol–water partition coefficient (Wildman–Crippen LogP) is 4.13. The molecule has 0 fully saturated rings. The van der Waals surface area contributed by atoms with Crippen molar-refractivity contribution in [3.63, 3.8) is 0 Å². The normalized spacial score (nSPS) is 10.7. The molecule has 0 aliphatic heterocycles. The molecule has 94 valence electrons. The van der Waals surface area contributed by atoms with E-state index >= 15 is 0 Å². The smallest absolute Gasteiger partial charge is 0.143 e. The summed E-state index contributed by atoms with van der Waals surface area (Å²) in [6.45, 7) is 3.96. The molecule has 0 aliphatic rings. The molecule has 0 saturated carbocycles. The number of hydrogen-bond acceptors (Lipinski definition) is 4. The van der Waals surface area contributed by atoms with Gasteiger partial charge in [-0.25, -0.2) is 9.97 Å². The molecule has 6 heteroatoms. The van der Waals surface area contributed by atoms with Crippen LogP contribution >= 0.6 is 35.0 Å². The number of aromatic nitrogens is 2. The van der Waals surface area contributed by atoms with Gasteiger partial charge in [-0.05, 0) is 49.4 Å². The minimum Gasteiger partial charge on any atom is -0.382 e. The summed E-state index contributed by atoms with van der Waals surface area (Å²) in [6, 6.07) is 5.58. The van der Waals surface area contributed by atoms with Gasteiger partial charge in [0.25, 0.3) is 0 Å². The van der Waals surface area contributed by atoms with E-state index in [9.17, 15) is 0 Å². The van der Waals surface area contributed by atoms with Gasteiger partial charge >= 0.3 is 0 Å². The lowest BCUT2D eigenvalue weighted by molar-refractivity contribution is 1.04. The van der Waals surface area contributed by atoms with E-state index in [1.807, 2.05) is 26.0 Å². The fourth-order valence-corrected chi connectivity index (χ4v) is 2.90. The summed E-state index contributed by atoms with van der Waals surface area (Å²) in [6.07, 6.45) is 0. The van der Waals surface area contributed by atoms with Crippen molar-refractivity contribution in [1.82, 2.24) is 9.97 Å². The average molecular weight is 300 g/mol. The molecule has 0 spiro atoms. The first-order chi connectivity index (χ1) is 8.45. The van der Waals surface area contributed by atoms with Crippen molar-refractivity contribution >= 4 is 40.8 Å². The monoisotopic (exact) mass is 299 g/mol. The molecule has 0 saturated heterocycles. The number of rotatable bonds is 2. The van der Waals surface area contributed by atoms with Crippen LogP contribution < -0.4 is 5.73 Å². The Morgan fingerprint density at radius 3 is 2.44 bits per heavy atom. The molecule has 2 N–H and O–H groups in total. The van der Waals surface area contributed by atoms with Crippen molar-refractivity contribution in [2.75, 3.05) is 5.73 Å². The minimum absolute atomic E-state index is 0.271. The molecule has 2 aromatic heterocycles. The van der Waals surface area contributed by atoms with E-state index < -0.39 is 0 Å². The van der Waals surface area contributed by atoms with Crippen molar-refractivity contribution in [3.8, 4) is 0 Å². The summed E-state index contributed by atoms with van der Waals surface area (Å²) < 4.78 is 0. The SMILES string of the molecule is Cc1cc(C)nc(Sc2nc(N)c(Cl)cc2Cl)c1. The summed E-state index contributed by atoms with van der Waals surface area (Å²) in [5.74, 6) is 0.271. The molecule has 2 heterocycles. The van der Waals surface area contributed by atoms with Crippen LogP contribution in [-0.2, 0) is 0 Å². The second-order valence-electron chi connectivity index (χ2n) is 3.87. The quantitative estimate of drug-likeness (QED) is 0.906. The van der Waals surface area contributed by atoms with Crippen LogP contribution in [0.15, 0.2) is 28.3 Å². The fraction of sp³-hybridized carbons (Fsp3) is 0.167. The van der Waals surface area contributed by atoms with Gasteiger partial charge in [-0.1, -0.05) is 23.2 Å². The Labute approximate surface area is 120 Å². The summed E-state index contributed by atoms with van der Waals surface area (Å²) >= 11 is 13.3. The summed E-state index contributed by atoms with van der Waals surface area (Å²) in [5, 5.41) is 2.28. The van der Waals surface area contributed by atoms with E-state index in [0.29, 0.717) is 15.1 Å². The Hall–Kier alpha value is -0.970. The second kappa shape index (κ2) is 5.34. The van der Waals surface area contributed by atoms with Crippen molar-refractivity contribution in [2.45, 2.75) is 23.9 Å². The molecule has 0 aliphatic carbocycles. The maximum Gasteiger partial charge on any atom is 0.143 e. The highest BCUT2D eigenvalue weighted by atomic mass is 35.5. The lowest BCUT2D eigenvalue weighted by Crippen LogP contribution is -1.94. The first-order valence-corrected chi connectivity index (χ1v) is 6.77. The van der Waals surface area contributed by atoms with Crippen LogP contribution in [0.1, 0.15) is 11.3 Å². The highest BCUT2D eigenvalue weighted by molar-refractivity contribution is 7.99. The van der Waals surface area contributed by atoms with Gasteiger partial charge in [0.1, 0.15) is 15.9 Å². The molecular formula is C12H11Cl2N3S. The number of aryl methyl sites for hydroxylation is 2. The summed E-state index contributed by atoms with van der Waals surface area (Å²) in [4.78, 5) is 8.58. The zero-order valence-electron chi connectivity index (χ0n) is 9.87. The molecule has 2 rings (SSSR count). The molecular weight excluding hydrogens is 289 g/mol. The zero-order chi connectivity index (χ0) is 13.3. The largest absolute Gasteiger partial charge is 0.382 e. The molecule has 18 heavy (non-hydrogen) atoms. The second-order valence-corrected chi connectivity index (χ2v) is 5.69. The Morgan fingerprint density at radius 1 is 1.06 bits per heavy atom. The number of halogens is 2. The van der Waals surface area contributed by atoms with E-state index in [1.54, 1.807) is 6.07 Å². The van der Waals surface area contributed by atoms with Crippen LogP contribution in [0.3, 0.4) is 0 Å². The highest BCUT2D eigenvalue weighted by Crippen LogP contribution is 2.34. The van der Waals surface area contributed by atoms with Gasteiger partial charge in [0.15, 0.2) is 0 Å². The summed E-state index contributed by atoms with van der Waals surface area (Å²) in [5.41, 5.74) is 7.76. The van der Waals surface area contributed by atoms with E-state index in [4.69, 9.17) is 28.9 Å². The van der Waals surface area contributed by atoms with E-state index in [0.717, 1.165) is 16.3 Å². The Bertz CT molecular complexity index is 582. The first kappa shape index (κ1) is 13.5. The van der Waals surface area contributed by atoms with Crippen LogP contribution in [-0.4, -0.2) is 9.97 Å². The van der Waals surface area contributed by atoms with E-state index in [1.165, 1.54) is 11.8 Å². The molecule has 2 aromatic rings. The van der Waals surface area contributed by atoms with Crippen molar-refractivity contribution < 1.29 is 0 Å². The number of nitrogen functional groups attached to an aromatic ring is 1. The van der Waals surface area contributed by atoms with Crippen LogP contribution in [0.2, 0.25) is 10.0 Å². The first-order valence-electron chi connectivity index (χ1n) is 5.20. The molecule has 0 amide bonds. The predicted molar refractivity (Wildman–Crippen MR) is 76.5 cm³/mol. The topological polar surface area (TPSA) is 51.8 Å². The summed E-state index contributed by atoms with van der Waals surface area (Å²) in [7, 11) is 0. The van der Waals surface area contributed by atoms with Crippen LogP contribution in [0.4, 0.5) is 5.82 Å². The Morgan fingerprint density at radius 2 is 1.78 bits per heavy atom. The maximum absolute atomic E-state index is 6.08. The molecule has 0 unspecified atom stereocenters. The van der Waals surface area contributed by atoms with Gasteiger partial charge in [0, 0.05) is 5.69 Å². The molecule has 0 atom stereocenters. The van der Waals surface area contributed by atoms with Crippen molar-refractivity contribution in [3.05, 3.63) is 39.5 Å². The van der Waals surface area contributed by atoms with E-state index in [2.05, 4.69) is 9.97 Å².